The van der Waals surface area contributed by atoms with Crippen molar-refractivity contribution in [3.05, 3.63) is 25.7 Å². The molecule has 19 heavy (non-hydrogen) atoms. The summed E-state index contributed by atoms with van der Waals surface area (Å²) in [6.45, 7) is 2.05. The highest BCUT2D eigenvalue weighted by molar-refractivity contribution is 7.71. The molecule has 0 aromatic carbocycles. The molecule has 0 spiro atoms. The van der Waals surface area contributed by atoms with Crippen molar-refractivity contribution in [3.63, 3.8) is 0 Å². The Labute approximate surface area is 117 Å². The lowest BCUT2D eigenvalue weighted by atomic mass is 10.3. The van der Waals surface area contributed by atoms with Crippen LogP contribution in [0.15, 0.2) is 9.79 Å². The summed E-state index contributed by atoms with van der Waals surface area (Å²) in [5.74, 6) is -0.323. The molecular formula is C10H11N5O2S2. The van der Waals surface area contributed by atoms with Crippen LogP contribution in [-0.4, -0.2) is 31.5 Å². The number of aromatic hydroxyl groups is 1. The van der Waals surface area contributed by atoms with Crippen LogP contribution >= 0.6 is 23.6 Å². The van der Waals surface area contributed by atoms with Crippen LogP contribution in [0, 0.1) is 4.77 Å². The molecule has 0 bridgehead atoms. The molecule has 0 aliphatic heterocycles. The van der Waals surface area contributed by atoms with Crippen molar-refractivity contribution in [2.75, 3.05) is 0 Å². The van der Waals surface area contributed by atoms with Gasteiger partial charge in [0.2, 0.25) is 11.0 Å². The second-order valence-electron chi connectivity index (χ2n) is 3.66. The Morgan fingerprint density at radius 1 is 1.47 bits per heavy atom. The highest BCUT2D eigenvalue weighted by Crippen LogP contribution is 2.19. The first-order valence-electron chi connectivity index (χ1n) is 5.52. The maximum Gasteiger partial charge on any atom is 0.264 e. The first-order valence-corrected chi connectivity index (χ1v) is 6.74. The van der Waals surface area contributed by atoms with Crippen molar-refractivity contribution in [2.24, 2.45) is 4.99 Å². The Bertz CT molecular complexity index is 715. The summed E-state index contributed by atoms with van der Waals surface area (Å²) in [6, 6.07) is 0. The fraction of sp³-hybridized carbons (Fsp3) is 0.300. The molecule has 0 unspecified atom stereocenters. The van der Waals surface area contributed by atoms with Gasteiger partial charge in [0.25, 0.3) is 5.56 Å². The van der Waals surface area contributed by atoms with Gasteiger partial charge in [0, 0.05) is 12.6 Å². The van der Waals surface area contributed by atoms with Crippen LogP contribution in [-0.2, 0) is 6.42 Å². The standard InChI is InChI=1S/C10H11N5O2S2/c1-2-3-6-14-15-10(19-6)11-4-5-7(16)12-9(18)13-8(5)17/h4H,2-3H2,1H3,(H3,12,13,16,17,18). The largest absolute Gasteiger partial charge is 0.494 e. The van der Waals surface area contributed by atoms with E-state index in [2.05, 4.69) is 25.2 Å². The number of rotatable bonds is 4. The minimum atomic E-state index is -0.511. The third kappa shape index (κ3) is 3.32. The number of H-pyrrole nitrogens is 2. The van der Waals surface area contributed by atoms with E-state index in [0.29, 0.717) is 5.13 Å². The Morgan fingerprint density at radius 3 is 2.95 bits per heavy atom. The van der Waals surface area contributed by atoms with Gasteiger partial charge in [0.05, 0.1) is 0 Å². The smallest absolute Gasteiger partial charge is 0.264 e. The molecule has 9 heteroatoms. The maximum atomic E-state index is 11.6. The third-order valence-electron chi connectivity index (χ3n) is 2.18. The number of hydrogen-bond acceptors (Lipinski definition) is 7. The van der Waals surface area contributed by atoms with Gasteiger partial charge in [-0.25, -0.2) is 4.99 Å². The zero-order valence-corrected chi connectivity index (χ0v) is 11.6. The van der Waals surface area contributed by atoms with Crippen LogP contribution in [0.4, 0.5) is 5.13 Å². The van der Waals surface area contributed by atoms with Crippen molar-refractivity contribution >= 4 is 34.9 Å². The van der Waals surface area contributed by atoms with E-state index >= 15 is 0 Å². The quantitative estimate of drug-likeness (QED) is 0.588. The Kier molecular flexibility index (Phi) is 4.17. The van der Waals surface area contributed by atoms with Gasteiger partial charge in [-0.05, 0) is 18.6 Å². The second kappa shape index (κ2) is 5.85. The van der Waals surface area contributed by atoms with Crippen LogP contribution in [0.25, 0.3) is 0 Å². The number of hydrogen-bond donors (Lipinski definition) is 3. The highest BCUT2D eigenvalue weighted by atomic mass is 32.1. The minimum absolute atomic E-state index is 0.000779. The van der Waals surface area contributed by atoms with Crippen molar-refractivity contribution in [3.8, 4) is 5.88 Å². The van der Waals surface area contributed by atoms with Gasteiger partial charge in [-0.2, -0.15) is 0 Å². The lowest BCUT2D eigenvalue weighted by Crippen LogP contribution is -2.13. The summed E-state index contributed by atoms with van der Waals surface area (Å²) in [6.07, 6.45) is 3.06. The molecule has 7 nitrogen and oxygen atoms in total. The Morgan fingerprint density at radius 2 is 2.26 bits per heavy atom. The van der Waals surface area contributed by atoms with Gasteiger partial charge in [-0.1, -0.05) is 18.3 Å². The van der Waals surface area contributed by atoms with Gasteiger partial charge in [-0.15, -0.1) is 10.2 Å². The summed E-state index contributed by atoms with van der Waals surface area (Å²) in [5, 5.41) is 18.7. The van der Waals surface area contributed by atoms with Crippen LogP contribution in [0.1, 0.15) is 23.9 Å². The molecule has 2 rings (SSSR count). The SMILES string of the molecule is CCCc1nnc(N=Cc2c(O)[nH]c(=S)[nH]c2=O)s1. The number of aryl methyl sites for hydroxylation is 1. The molecule has 0 radical (unpaired) electrons. The Hall–Kier alpha value is -1.87. The molecule has 0 aliphatic carbocycles. The van der Waals surface area contributed by atoms with Gasteiger partial charge in [0.1, 0.15) is 10.6 Å². The molecule has 0 fully saturated rings. The van der Waals surface area contributed by atoms with E-state index < -0.39 is 5.56 Å². The van der Waals surface area contributed by atoms with Gasteiger partial charge < -0.3 is 10.1 Å². The zero-order valence-electron chi connectivity index (χ0n) is 10.0. The lowest BCUT2D eigenvalue weighted by Gasteiger charge is -1.95. The molecule has 0 saturated heterocycles. The van der Waals surface area contributed by atoms with Crippen LogP contribution < -0.4 is 5.56 Å². The van der Waals surface area contributed by atoms with Gasteiger partial charge in [-0.3, -0.25) is 9.78 Å². The first-order chi connectivity index (χ1) is 9.10. The summed E-state index contributed by atoms with van der Waals surface area (Å²) in [5.41, 5.74) is -0.510. The Balaban J connectivity index is 2.27. The zero-order chi connectivity index (χ0) is 13.8. The number of nitrogens with one attached hydrogen (secondary N) is 2. The average Bonchev–Trinajstić information content (AvgIpc) is 2.76. The minimum Gasteiger partial charge on any atom is -0.494 e. The predicted octanol–water partition coefficient (Wildman–Crippen LogP) is 1.69. The molecule has 0 saturated carbocycles. The van der Waals surface area contributed by atoms with Crippen molar-refractivity contribution < 1.29 is 5.11 Å². The van der Waals surface area contributed by atoms with E-state index in [0.717, 1.165) is 17.8 Å². The fourth-order valence-corrected chi connectivity index (χ4v) is 2.31. The summed E-state index contributed by atoms with van der Waals surface area (Å²) < 4.78 is 0.0563. The molecule has 3 N–H and O–H groups in total. The van der Waals surface area contributed by atoms with E-state index in [1.54, 1.807) is 0 Å². The summed E-state index contributed by atoms with van der Waals surface area (Å²) in [7, 11) is 0. The van der Waals surface area contributed by atoms with E-state index in [9.17, 15) is 9.90 Å². The molecule has 2 aromatic rings. The van der Waals surface area contributed by atoms with Crippen LogP contribution in [0.2, 0.25) is 0 Å². The normalized spacial score (nSPS) is 11.2. The molecule has 100 valence electrons. The number of aliphatic imine (C=N–C) groups is 1. The van der Waals surface area contributed by atoms with Crippen molar-refractivity contribution in [2.45, 2.75) is 19.8 Å². The average molecular weight is 297 g/mol. The number of nitrogens with zero attached hydrogens (tertiary/aromatic N) is 3. The number of aromatic nitrogens is 4. The maximum absolute atomic E-state index is 11.6. The predicted molar refractivity (Wildman–Crippen MR) is 75.1 cm³/mol. The van der Waals surface area contributed by atoms with E-state index in [1.807, 2.05) is 6.92 Å². The highest BCUT2D eigenvalue weighted by Gasteiger charge is 2.06. The lowest BCUT2D eigenvalue weighted by molar-refractivity contribution is 0.449. The summed E-state index contributed by atoms with van der Waals surface area (Å²) >= 11 is 6.07. The first kappa shape index (κ1) is 13.6. The topological polar surface area (TPSA) is 107 Å². The molecule has 0 amide bonds. The van der Waals surface area contributed by atoms with E-state index in [-0.39, 0.29) is 16.2 Å². The fourth-order valence-electron chi connectivity index (χ4n) is 1.34. The van der Waals surface area contributed by atoms with Crippen molar-refractivity contribution in [1.29, 1.82) is 0 Å². The third-order valence-corrected chi connectivity index (χ3v) is 3.28. The van der Waals surface area contributed by atoms with Gasteiger partial charge in [0.15, 0.2) is 4.77 Å². The molecule has 2 heterocycles. The molecule has 0 atom stereocenters. The van der Waals surface area contributed by atoms with E-state index in [1.165, 1.54) is 17.6 Å². The molecule has 0 aliphatic rings. The monoisotopic (exact) mass is 297 g/mol. The van der Waals surface area contributed by atoms with Crippen LogP contribution in [0.5, 0.6) is 5.88 Å². The van der Waals surface area contributed by atoms with Gasteiger partial charge >= 0.3 is 0 Å². The molecule has 2 aromatic heterocycles. The van der Waals surface area contributed by atoms with Crippen molar-refractivity contribution in [1.82, 2.24) is 20.2 Å². The summed E-state index contributed by atoms with van der Waals surface area (Å²) in [4.78, 5) is 20.4. The second-order valence-corrected chi connectivity index (χ2v) is 5.11. The molecular weight excluding hydrogens is 286 g/mol. The number of aromatic amines is 2. The van der Waals surface area contributed by atoms with Crippen LogP contribution in [0.3, 0.4) is 0 Å². The van der Waals surface area contributed by atoms with E-state index in [4.69, 9.17) is 12.2 Å².